The Morgan fingerprint density at radius 2 is 1.94 bits per heavy atom. The van der Waals surface area contributed by atoms with E-state index in [0.717, 1.165) is 18.3 Å². The van der Waals surface area contributed by atoms with E-state index >= 15 is 0 Å². The quantitative estimate of drug-likeness (QED) is 0.641. The minimum absolute atomic E-state index is 0.741. The smallest absolute Gasteiger partial charge is 0.122 e. The molecule has 1 heteroatoms. The normalized spacial score (nSPS) is 21.5. The SMILES string of the molecule is CC.CC1CCCc2ccc3c(c21)CCCO3. The van der Waals surface area contributed by atoms with Crippen molar-refractivity contribution in [3.8, 4) is 5.75 Å². The van der Waals surface area contributed by atoms with E-state index in [1.165, 1.54) is 37.7 Å². The molecule has 0 radical (unpaired) electrons. The molecule has 2 aliphatic rings. The number of fused-ring (bicyclic) bond motifs is 3. The van der Waals surface area contributed by atoms with Crippen molar-refractivity contribution in [2.45, 2.75) is 58.8 Å². The van der Waals surface area contributed by atoms with E-state index < -0.39 is 0 Å². The molecule has 1 aromatic carbocycles. The molecule has 94 valence electrons. The standard InChI is InChI=1S/C14H18O.C2H6/c1-10-4-2-5-11-7-8-13-12(14(10)11)6-3-9-15-13;1-2/h7-8,10H,2-6,9H2,1H3;1-2H3. The fraction of sp³-hybridized carbons (Fsp3) is 0.625. The highest BCUT2D eigenvalue weighted by Gasteiger charge is 2.23. The molecule has 0 amide bonds. The van der Waals surface area contributed by atoms with Gasteiger partial charge in [-0.25, -0.2) is 0 Å². The molecule has 0 fully saturated rings. The van der Waals surface area contributed by atoms with Crippen LogP contribution in [0.3, 0.4) is 0 Å². The number of benzene rings is 1. The Morgan fingerprint density at radius 1 is 1.12 bits per heavy atom. The van der Waals surface area contributed by atoms with Gasteiger partial charge in [0.1, 0.15) is 5.75 Å². The van der Waals surface area contributed by atoms with E-state index in [0.29, 0.717) is 0 Å². The molecule has 1 unspecified atom stereocenters. The fourth-order valence-corrected chi connectivity index (χ4v) is 3.09. The summed E-state index contributed by atoms with van der Waals surface area (Å²) in [5.41, 5.74) is 4.72. The number of hydrogen-bond donors (Lipinski definition) is 0. The zero-order valence-electron chi connectivity index (χ0n) is 11.4. The van der Waals surface area contributed by atoms with Crippen LogP contribution in [0.4, 0.5) is 0 Å². The topological polar surface area (TPSA) is 9.23 Å². The van der Waals surface area contributed by atoms with Crippen molar-refractivity contribution in [3.05, 3.63) is 28.8 Å². The Kier molecular flexibility index (Phi) is 4.09. The molecule has 1 atom stereocenters. The molecule has 0 bridgehead atoms. The van der Waals surface area contributed by atoms with Crippen LogP contribution in [0.1, 0.15) is 62.6 Å². The molecular weight excluding hydrogens is 208 g/mol. The van der Waals surface area contributed by atoms with Gasteiger partial charge >= 0.3 is 0 Å². The third-order valence-electron chi connectivity index (χ3n) is 3.81. The van der Waals surface area contributed by atoms with Crippen molar-refractivity contribution in [2.75, 3.05) is 6.61 Å². The summed E-state index contributed by atoms with van der Waals surface area (Å²) in [4.78, 5) is 0. The maximum Gasteiger partial charge on any atom is 0.122 e. The molecule has 0 spiro atoms. The lowest BCUT2D eigenvalue weighted by Gasteiger charge is -2.29. The van der Waals surface area contributed by atoms with Crippen molar-refractivity contribution >= 4 is 0 Å². The molecule has 0 saturated heterocycles. The molecule has 1 aliphatic heterocycles. The second-order valence-electron chi connectivity index (χ2n) is 4.86. The van der Waals surface area contributed by atoms with Crippen molar-refractivity contribution < 1.29 is 4.74 Å². The Labute approximate surface area is 105 Å². The number of aryl methyl sites for hydroxylation is 1. The van der Waals surface area contributed by atoms with Gasteiger partial charge in [0.2, 0.25) is 0 Å². The van der Waals surface area contributed by atoms with Gasteiger partial charge in [-0.2, -0.15) is 0 Å². The lowest BCUT2D eigenvalue weighted by Crippen LogP contribution is -2.16. The molecule has 3 rings (SSSR count). The highest BCUT2D eigenvalue weighted by atomic mass is 16.5. The van der Waals surface area contributed by atoms with Gasteiger partial charge in [-0.05, 0) is 60.8 Å². The maximum atomic E-state index is 5.74. The number of ether oxygens (including phenoxy) is 1. The molecule has 1 nitrogen and oxygen atoms in total. The van der Waals surface area contributed by atoms with E-state index in [-0.39, 0.29) is 0 Å². The summed E-state index contributed by atoms with van der Waals surface area (Å²) in [5, 5.41) is 0. The minimum atomic E-state index is 0.741. The molecule has 1 aliphatic carbocycles. The van der Waals surface area contributed by atoms with Gasteiger partial charge in [0.05, 0.1) is 6.61 Å². The Bertz CT molecular complexity index is 381. The first-order chi connectivity index (χ1) is 8.36. The van der Waals surface area contributed by atoms with Gasteiger partial charge in [0.25, 0.3) is 0 Å². The second kappa shape index (κ2) is 5.57. The van der Waals surface area contributed by atoms with Gasteiger partial charge in [-0.15, -0.1) is 0 Å². The van der Waals surface area contributed by atoms with Crippen LogP contribution >= 0.6 is 0 Å². The molecular formula is C16H24O. The summed E-state index contributed by atoms with van der Waals surface area (Å²) >= 11 is 0. The van der Waals surface area contributed by atoms with E-state index in [2.05, 4.69) is 19.1 Å². The number of rotatable bonds is 0. The monoisotopic (exact) mass is 232 g/mol. The first-order valence-corrected chi connectivity index (χ1v) is 7.13. The Hall–Kier alpha value is -0.980. The molecule has 0 saturated carbocycles. The van der Waals surface area contributed by atoms with E-state index in [1.54, 1.807) is 11.1 Å². The average molecular weight is 232 g/mol. The van der Waals surface area contributed by atoms with Crippen molar-refractivity contribution in [1.29, 1.82) is 0 Å². The van der Waals surface area contributed by atoms with Gasteiger partial charge < -0.3 is 4.74 Å². The molecule has 0 N–H and O–H groups in total. The summed E-state index contributed by atoms with van der Waals surface area (Å²) in [6.07, 6.45) is 6.39. The summed E-state index contributed by atoms with van der Waals surface area (Å²) in [6.45, 7) is 7.27. The van der Waals surface area contributed by atoms with Crippen molar-refractivity contribution in [1.82, 2.24) is 0 Å². The highest BCUT2D eigenvalue weighted by Crippen LogP contribution is 2.39. The minimum Gasteiger partial charge on any atom is -0.493 e. The van der Waals surface area contributed by atoms with E-state index in [1.807, 2.05) is 13.8 Å². The fourth-order valence-electron chi connectivity index (χ4n) is 3.09. The van der Waals surface area contributed by atoms with Crippen LogP contribution in [0, 0.1) is 0 Å². The van der Waals surface area contributed by atoms with Crippen LogP contribution in [0.25, 0.3) is 0 Å². The van der Waals surface area contributed by atoms with Gasteiger partial charge in [0.15, 0.2) is 0 Å². The maximum absolute atomic E-state index is 5.74. The molecule has 1 aromatic rings. The predicted octanol–water partition coefficient (Wildman–Crippen LogP) is 4.48. The third-order valence-corrected chi connectivity index (χ3v) is 3.81. The molecule has 1 heterocycles. The molecule has 17 heavy (non-hydrogen) atoms. The van der Waals surface area contributed by atoms with Crippen molar-refractivity contribution in [3.63, 3.8) is 0 Å². The van der Waals surface area contributed by atoms with Gasteiger partial charge in [0, 0.05) is 0 Å². The Balaban J connectivity index is 0.000000514. The average Bonchev–Trinajstić information content (AvgIpc) is 2.41. The lowest BCUT2D eigenvalue weighted by atomic mass is 9.79. The van der Waals surface area contributed by atoms with Crippen LogP contribution in [-0.4, -0.2) is 6.61 Å². The lowest BCUT2D eigenvalue weighted by molar-refractivity contribution is 0.286. The summed E-state index contributed by atoms with van der Waals surface area (Å²) in [5.74, 6) is 1.90. The largest absolute Gasteiger partial charge is 0.493 e. The van der Waals surface area contributed by atoms with Crippen molar-refractivity contribution in [2.24, 2.45) is 0 Å². The third kappa shape index (κ3) is 2.34. The molecule has 0 aromatic heterocycles. The van der Waals surface area contributed by atoms with Crippen LogP contribution in [-0.2, 0) is 12.8 Å². The summed E-state index contributed by atoms with van der Waals surface area (Å²) < 4.78 is 5.74. The van der Waals surface area contributed by atoms with Crippen LogP contribution in [0.15, 0.2) is 12.1 Å². The summed E-state index contributed by atoms with van der Waals surface area (Å²) in [7, 11) is 0. The summed E-state index contributed by atoms with van der Waals surface area (Å²) in [6, 6.07) is 4.47. The first-order valence-electron chi connectivity index (χ1n) is 7.13. The zero-order valence-corrected chi connectivity index (χ0v) is 11.4. The van der Waals surface area contributed by atoms with Gasteiger partial charge in [-0.1, -0.05) is 26.8 Å². The Morgan fingerprint density at radius 3 is 2.76 bits per heavy atom. The first kappa shape index (κ1) is 12.5. The van der Waals surface area contributed by atoms with E-state index in [9.17, 15) is 0 Å². The number of hydrogen-bond acceptors (Lipinski definition) is 1. The van der Waals surface area contributed by atoms with Gasteiger partial charge in [-0.3, -0.25) is 0 Å². The predicted molar refractivity (Wildman–Crippen MR) is 73.0 cm³/mol. The zero-order chi connectivity index (χ0) is 12.3. The van der Waals surface area contributed by atoms with E-state index in [4.69, 9.17) is 4.74 Å². The van der Waals surface area contributed by atoms with Crippen LogP contribution in [0.2, 0.25) is 0 Å². The highest BCUT2D eigenvalue weighted by molar-refractivity contribution is 5.48. The van der Waals surface area contributed by atoms with Crippen LogP contribution < -0.4 is 4.74 Å². The van der Waals surface area contributed by atoms with Crippen LogP contribution in [0.5, 0.6) is 5.75 Å². The second-order valence-corrected chi connectivity index (χ2v) is 4.86.